The lowest BCUT2D eigenvalue weighted by Gasteiger charge is -2.14. The number of amides is 4. The second-order valence-electron chi connectivity index (χ2n) is 7.36. The van der Waals surface area contributed by atoms with Crippen molar-refractivity contribution in [3.8, 4) is 0 Å². The number of thiophene rings is 1. The van der Waals surface area contributed by atoms with Crippen molar-refractivity contribution in [1.29, 1.82) is 0 Å². The first kappa shape index (κ1) is 22.2. The molecular formula is C21H21N3O6S. The van der Waals surface area contributed by atoms with E-state index in [0.29, 0.717) is 18.9 Å². The molecule has 9 nitrogen and oxygen atoms in total. The first-order valence-corrected chi connectivity index (χ1v) is 10.4. The Morgan fingerprint density at radius 2 is 1.84 bits per heavy atom. The van der Waals surface area contributed by atoms with Crippen molar-refractivity contribution in [2.45, 2.75) is 20.3 Å². The van der Waals surface area contributed by atoms with E-state index < -0.39 is 30.3 Å². The number of esters is 1. The monoisotopic (exact) mass is 443 g/mol. The number of nitrogens with zero attached hydrogens (tertiary/aromatic N) is 1. The smallest absolute Gasteiger partial charge is 0.338 e. The van der Waals surface area contributed by atoms with Crippen molar-refractivity contribution in [2.75, 3.05) is 18.5 Å². The molecule has 1 aliphatic rings. The number of hydrogen-bond acceptors (Lipinski definition) is 7. The Bertz CT molecular complexity index is 1070. The minimum atomic E-state index is -0.819. The third-order valence-corrected chi connectivity index (χ3v) is 5.48. The molecule has 3 N–H and O–H groups in total. The van der Waals surface area contributed by atoms with Gasteiger partial charge in [-0.25, -0.2) is 4.79 Å². The summed E-state index contributed by atoms with van der Waals surface area (Å²) < 4.78 is 4.99. The number of carbonyl (C=O) groups excluding carboxylic acids is 5. The molecule has 0 spiro atoms. The van der Waals surface area contributed by atoms with E-state index in [0.717, 1.165) is 11.3 Å². The van der Waals surface area contributed by atoms with E-state index in [2.05, 4.69) is 5.32 Å². The maximum atomic E-state index is 12.6. The van der Waals surface area contributed by atoms with Gasteiger partial charge in [0.2, 0.25) is 0 Å². The van der Waals surface area contributed by atoms with Gasteiger partial charge in [0.1, 0.15) is 5.00 Å². The highest BCUT2D eigenvalue weighted by molar-refractivity contribution is 7.14. The average molecular weight is 443 g/mol. The Morgan fingerprint density at radius 3 is 2.52 bits per heavy atom. The molecule has 1 aromatic heterocycles. The van der Waals surface area contributed by atoms with E-state index >= 15 is 0 Å². The molecule has 0 saturated carbocycles. The van der Waals surface area contributed by atoms with E-state index in [1.165, 1.54) is 29.2 Å². The van der Waals surface area contributed by atoms with Crippen LogP contribution in [0.25, 0.3) is 0 Å². The molecule has 0 unspecified atom stereocenters. The van der Waals surface area contributed by atoms with Crippen LogP contribution in [-0.4, -0.2) is 47.6 Å². The quantitative estimate of drug-likeness (QED) is 0.475. The van der Waals surface area contributed by atoms with Crippen molar-refractivity contribution in [2.24, 2.45) is 11.7 Å². The minimum absolute atomic E-state index is 0.0485. The zero-order valence-electron chi connectivity index (χ0n) is 17.0. The zero-order chi connectivity index (χ0) is 22.7. The first-order valence-electron chi connectivity index (χ1n) is 9.53. The summed E-state index contributed by atoms with van der Waals surface area (Å²) in [6, 6.07) is 5.56. The van der Waals surface area contributed by atoms with E-state index in [1.54, 1.807) is 5.38 Å². The highest BCUT2D eigenvalue weighted by Crippen LogP contribution is 2.25. The lowest BCUT2D eigenvalue weighted by atomic mass is 10.1. The molecule has 0 fully saturated rings. The fourth-order valence-corrected chi connectivity index (χ4v) is 3.79. The number of nitrogens with two attached hydrogens (primary N) is 1. The van der Waals surface area contributed by atoms with Gasteiger partial charge in [-0.05, 0) is 42.0 Å². The van der Waals surface area contributed by atoms with Crippen LogP contribution in [0, 0.1) is 5.92 Å². The molecule has 4 amide bonds. The highest BCUT2D eigenvalue weighted by Gasteiger charge is 2.35. The normalized spacial score (nSPS) is 12.8. The van der Waals surface area contributed by atoms with Crippen LogP contribution in [0.3, 0.4) is 0 Å². The number of imide groups is 1. The molecule has 31 heavy (non-hydrogen) atoms. The van der Waals surface area contributed by atoms with Gasteiger partial charge in [0.25, 0.3) is 23.6 Å². The second kappa shape index (κ2) is 9.09. The van der Waals surface area contributed by atoms with Gasteiger partial charge in [-0.1, -0.05) is 13.8 Å². The largest absolute Gasteiger partial charge is 0.452 e. The Kier molecular flexibility index (Phi) is 6.50. The van der Waals surface area contributed by atoms with E-state index in [1.807, 2.05) is 13.8 Å². The fraction of sp³-hybridized carbons (Fsp3) is 0.286. The van der Waals surface area contributed by atoms with Gasteiger partial charge in [0, 0.05) is 6.54 Å². The van der Waals surface area contributed by atoms with E-state index in [-0.39, 0.29) is 33.2 Å². The van der Waals surface area contributed by atoms with Gasteiger partial charge in [-0.15, -0.1) is 11.3 Å². The molecule has 10 heteroatoms. The fourth-order valence-electron chi connectivity index (χ4n) is 2.99. The zero-order valence-corrected chi connectivity index (χ0v) is 17.8. The number of rotatable bonds is 8. The number of primary amides is 1. The number of anilines is 1. The van der Waals surface area contributed by atoms with Gasteiger partial charge >= 0.3 is 5.97 Å². The molecule has 0 aliphatic carbocycles. The predicted molar refractivity (Wildman–Crippen MR) is 113 cm³/mol. The van der Waals surface area contributed by atoms with Crippen molar-refractivity contribution >= 4 is 45.9 Å². The standard InChI is InChI=1S/C21H21N3O6S/c1-11(2)5-7-24-19(27)13-4-3-12(9-15(13)20(24)28)21(29)30-10-16(25)23-18-14(17(22)26)6-8-31-18/h3-4,6,8-9,11H,5,7,10H2,1-2H3,(H2,22,26)(H,23,25). The summed E-state index contributed by atoms with van der Waals surface area (Å²) in [4.78, 5) is 61.8. The van der Waals surface area contributed by atoms with Crippen LogP contribution in [0.2, 0.25) is 0 Å². The predicted octanol–water partition coefficient (Wildman–Crippen LogP) is 2.28. The van der Waals surface area contributed by atoms with Crippen LogP contribution in [0.1, 0.15) is 61.7 Å². The molecule has 2 heterocycles. The molecule has 162 valence electrons. The molecule has 0 atom stereocenters. The van der Waals surface area contributed by atoms with Gasteiger partial charge in [0.05, 0.1) is 22.3 Å². The topological polar surface area (TPSA) is 136 Å². The summed E-state index contributed by atoms with van der Waals surface area (Å²) >= 11 is 1.11. The molecule has 0 radical (unpaired) electrons. The molecule has 3 rings (SSSR count). The van der Waals surface area contributed by atoms with Crippen molar-refractivity contribution in [3.63, 3.8) is 0 Å². The average Bonchev–Trinajstić information content (AvgIpc) is 3.27. The van der Waals surface area contributed by atoms with Gasteiger partial charge in [0.15, 0.2) is 6.61 Å². The van der Waals surface area contributed by atoms with Crippen molar-refractivity contribution in [3.05, 3.63) is 51.9 Å². The van der Waals surface area contributed by atoms with Crippen LogP contribution >= 0.6 is 11.3 Å². The summed E-state index contributed by atoms with van der Waals surface area (Å²) in [5, 5.41) is 4.31. The van der Waals surface area contributed by atoms with Crippen LogP contribution in [-0.2, 0) is 9.53 Å². The summed E-state index contributed by atoms with van der Waals surface area (Å²) in [6.45, 7) is 3.70. The molecule has 1 aliphatic heterocycles. The van der Waals surface area contributed by atoms with E-state index in [4.69, 9.17) is 10.5 Å². The minimum Gasteiger partial charge on any atom is -0.452 e. The number of carbonyl (C=O) groups is 5. The maximum absolute atomic E-state index is 12.6. The second-order valence-corrected chi connectivity index (χ2v) is 8.27. The molecule has 2 aromatic rings. The Balaban J connectivity index is 1.63. The Labute approximate surface area is 182 Å². The SMILES string of the molecule is CC(C)CCN1C(=O)c2ccc(C(=O)OCC(=O)Nc3sccc3C(N)=O)cc2C1=O. The summed E-state index contributed by atoms with van der Waals surface area (Å²) in [5.74, 6) is -2.67. The van der Waals surface area contributed by atoms with Gasteiger partial charge in [-0.3, -0.25) is 24.1 Å². The molecule has 0 bridgehead atoms. The number of nitrogens with one attached hydrogen (secondary N) is 1. The Morgan fingerprint density at radius 1 is 1.13 bits per heavy atom. The lowest BCUT2D eigenvalue weighted by Crippen LogP contribution is -2.31. The van der Waals surface area contributed by atoms with Crippen LogP contribution in [0.15, 0.2) is 29.6 Å². The third-order valence-electron chi connectivity index (χ3n) is 4.65. The van der Waals surface area contributed by atoms with Crippen LogP contribution in [0.4, 0.5) is 5.00 Å². The van der Waals surface area contributed by atoms with E-state index in [9.17, 15) is 24.0 Å². The van der Waals surface area contributed by atoms with Gasteiger partial charge < -0.3 is 15.8 Å². The van der Waals surface area contributed by atoms with Crippen molar-refractivity contribution < 1.29 is 28.7 Å². The highest BCUT2D eigenvalue weighted by atomic mass is 32.1. The molecule has 0 saturated heterocycles. The summed E-state index contributed by atoms with van der Waals surface area (Å²) in [5.41, 5.74) is 5.80. The summed E-state index contributed by atoms with van der Waals surface area (Å²) in [7, 11) is 0. The van der Waals surface area contributed by atoms with Crippen LogP contribution < -0.4 is 11.1 Å². The summed E-state index contributed by atoms with van der Waals surface area (Å²) in [6.07, 6.45) is 0.678. The molecular weight excluding hydrogens is 422 g/mol. The van der Waals surface area contributed by atoms with Gasteiger partial charge in [-0.2, -0.15) is 0 Å². The number of benzene rings is 1. The maximum Gasteiger partial charge on any atom is 0.338 e. The first-order chi connectivity index (χ1) is 14.7. The molecule has 1 aromatic carbocycles. The Hall–Kier alpha value is -3.53. The number of fused-ring (bicyclic) bond motifs is 1. The number of ether oxygens (including phenoxy) is 1. The third kappa shape index (κ3) is 4.80. The van der Waals surface area contributed by atoms with Crippen molar-refractivity contribution in [1.82, 2.24) is 4.90 Å². The number of hydrogen-bond donors (Lipinski definition) is 2. The lowest BCUT2D eigenvalue weighted by molar-refractivity contribution is -0.119. The van der Waals surface area contributed by atoms with Crippen LogP contribution in [0.5, 0.6) is 0 Å².